The number of nitrogens with one attached hydrogen (secondary N) is 2. The van der Waals surface area contributed by atoms with Gasteiger partial charge in [-0.05, 0) is 99.5 Å². The zero-order chi connectivity index (χ0) is 29.8. The van der Waals surface area contributed by atoms with Crippen molar-refractivity contribution in [2.24, 2.45) is 5.73 Å². The third-order valence-corrected chi connectivity index (χ3v) is 9.20. The van der Waals surface area contributed by atoms with E-state index in [1.54, 1.807) is 6.20 Å². The molecule has 43 heavy (non-hydrogen) atoms. The molecule has 2 amide bonds. The van der Waals surface area contributed by atoms with Gasteiger partial charge in [0.05, 0.1) is 6.20 Å². The van der Waals surface area contributed by atoms with E-state index in [9.17, 15) is 14.0 Å². The Kier molecular flexibility index (Phi) is 8.83. The molecule has 2 aromatic carbocycles. The number of carbonyl (C=O) groups excluding carboxylic acids is 2. The van der Waals surface area contributed by atoms with Gasteiger partial charge in [-0.25, -0.2) is 14.4 Å². The van der Waals surface area contributed by atoms with Crippen LogP contribution in [0, 0.1) is 5.82 Å². The number of piperidine rings is 2. The third kappa shape index (κ3) is 6.96. The van der Waals surface area contributed by atoms with Crippen molar-refractivity contribution in [2.75, 3.05) is 36.4 Å². The molecule has 0 radical (unpaired) electrons. The predicted molar refractivity (Wildman–Crippen MR) is 165 cm³/mol. The summed E-state index contributed by atoms with van der Waals surface area (Å²) in [5.74, 6) is 0.182. The van der Waals surface area contributed by atoms with Crippen LogP contribution in [0.2, 0.25) is 0 Å². The van der Waals surface area contributed by atoms with Crippen molar-refractivity contribution in [1.29, 1.82) is 0 Å². The Morgan fingerprint density at radius 1 is 0.884 bits per heavy atom. The molecule has 9 nitrogen and oxygen atoms in total. The highest BCUT2D eigenvalue weighted by molar-refractivity contribution is 5.96. The van der Waals surface area contributed by atoms with Crippen molar-refractivity contribution in [2.45, 2.75) is 69.4 Å². The Morgan fingerprint density at radius 2 is 1.60 bits per heavy atom. The number of aromatic nitrogens is 2. The minimum Gasteiger partial charge on any atom is -0.364 e. The van der Waals surface area contributed by atoms with Gasteiger partial charge in [0, 0.05) is 36.4 Å². The smallest absolute Gasteiger partial charge is 0.271 e. The van der Waals surface area contributed by atoms with Crippen LogP contribution < -0.4 is 21.3 Å². The van der Waals surface area contributed by atoms with Gasteiger partial charge in [0.15, 0.2) is 11.5 Å². The lowest BCUT2D eigenvalue weighted by Crippen LogP contribution is -2.48. The normalized spacial score (nSPS) is 20.2. The molecule has 3 aromatic rings. The monoisotopic (exact) mass is 585 g/mol. The number of hydrogen-bond acceptors (Lipinski definition) is 7. The number of halogens is 1. The lowest BCUT2D eigenvalue weighted by molar-refractivity contribution is 0.0931. The molecular weight excluding hydrogens is 545 g/mol. The van der Waals surface area contributed by atoms with Crippen LogP contribution >= 0.6 is 0 Å². The second kappa shape index (κ2) is 13.1. The first kappa shape index (κ1) is 29.0. The number of likely N-dealkylation sites (tertiary alicyclic amines) is 1. The minimum atomic E-state index is -0.657. The van der Waals surface area contributed by atoms with E-state index in [0.29, 0.717) is 29.7 Å². The Morgan fingerprint density at radius 3 is 2.30 bits per heavy atom. The van der Waals surface area contributed by atoms with Crippen molar-refractivity contribution < 1.29 is 14.0 Å². The minimum absolute atomic E-state index is 0.0743. The molecule has 2 aliphatic heterocycles. The van der Waals surface area contributed by atoms with Gasteiger partial charge < -0.3 is 26.2 Å². The van der Waals surface area contributed by atoms with Gasteiger partial charge >= 0.3 is 0 Å². The summed E-state index contributed by atoms with van der Waals surface area (Å²) in [6, 6.07) is 14.6. The molecule has 6 rings (SSSR count). The maximum atomic E-state index is 13.3. The molecule has 2 saturated heterocycles. The van der Waals surface area contributed by atoms with Gasteiger partial charge in [-0.2, -0.15) is 0 Å². The van der Waals surface area contributed by atoms with Crippen LogP contribution in [0.1, 0.15) is 83.7 Å². The fourth-order valence-electron chi connectivity index (χ4n) is 6.82. The quantitative estimate of drug-likeness (QED) is 0.342. The largest absolute Gasteiger partial charge is 0.364 e. The van der Waals surface area contributed by atoms with E-state index in [4.69, 9.17) is 10.7 Å². The van der Waals surface area contributed by atoms with Crippen LogP contribution in [0.3, 0.4) is 0 Å². The predicted octanol–water partition coefficient (Wildman–Crippen LogP) is 4.98. The first-order valence-corrected chi connectivity index (χ1v) is 15.5. The van der Waals surface area contributed by atoms with Gasteiger partial charge in [0.25, 0.3) is 11.8 Å². The SMILES string of the molecule is NC(=O)c1ncc(N2CCC[C@@H](NC(=O)c3ccc(F)cc3)C2)nc1Nc1ccc(C2CCN(C3CCCC3)CC2)cc1. The Labute approximate surface area is 252 Å². The summed E-state index contributed by atoms with van der Waals surface area (Å²) < 4.78 is 13.3. The van der Waals surface area contributed by atoms with Crippen LogP contribution in [0.5, 0.6) is 0 Å². The number of carbonyl (C=O) groups is 2. The molecule has 1 saturated carbocycles. The van der Waals surface area contributed by atoms with Gasteiger partial charge in [-0.1, -0.05) is 25.0 Å². The van der Waals surface area contributed by atoms with Crippen molar-refractivity contribution in [1.82, 2.24) is 20.2 Å². The number of benzene rings is 2. The van der Waals surface area contributed by atoms with Crippen LogP contribution in [-0.2, 0) is 0 Å². The Balaban J connectivity index is 1.10. The van der Waals surface area contributed by atoms with Crippen molar-refractivity contribution >= 4 is 29.1 Å². The molecule has 10 heteroatoms. The lowest BCUT2D eigenvalue weighted by atomic mass is 9.88. The number of rotatable bonds is 8. The summed E-state index contributed by atoms with van der Waals surface area (Å²) in [4.78, 5) is 38.7. The van der Waals surface area contributed by atoms with E-state index in [-0.39, 0.29) is 23.5 Å². The molecule has 1 aromatic heterocycles. The molecule has 3 heterocycles. The highest BCUT2D eigenvalue weighted by atomic mass is 19.1. The number of amides is 2. The molecule has 1 atom stereocenters. The summed E-state index contributed by atoms with van der Waals surface area (Å²) in [6.45, 7) is 3.62. The maximum absolute atomic E-state index is 13.3. The topological polar surface area (TPSA) is 116 Å². The zero-order valence-electron chi connectivity index (χ0n) is 24.5. The van der Waals surface area contributed by atoms with Crippen LogP contribution in [-0.4, -0.2) is 64.9 Å². The third-order valence-electron chi connectivity index (χ3n) is 9.20. The number of primary amides is 1. The fourth-order valence-corrected chi connectivity index (χ4v) is 6.82. The van der Waals surface area contributed by atoms with Crippen LogP contribution in [0.25, 0.3) is 0 Å². The maximum Gasteiger partial charge on any atom is 0.271 e. The van der Waals surface area contributed by atoms with Crippen molar-refractivity contribution in [3.8, 4) is 0 Å². The van der Waals surface area contributed by atoms with Gasteiger partial charge in [-0.3, -0.25) is 9.59 Å². The van der Waals surface area contributed by atoms with E-state index >= 15 is 0 Å². The first-order valence-electron chi connectivity index (χ1n) is 15.5. The fraction of sp³-hybridized carbons (Fsp3) is 0.455. The first-order chi connectivity index (χ1) is 20.9. The number of anilines is 3. The molecule has 0 unspecified atom stereocenters. The summed E-state index contributed by atoms with van der Waals surface area (Å²) in [5.41, 5.74) is 8.28. The van der Waals surface area contributed by atoms with Gasteiger partial charge in [-0.15, -0.1) is 0 Å². The Bertz CT molecular complexity index is 1420. The van der Waals surface area contributed by atoms with E-state index < -0.39 is 5.91 Å². The van der Waals surface area contributed by atoms with Crippen LogP contribution in [0.4, 0.5) is 21.7 Å². The molecule has 3 aliphatic rings. The summed E-state index contributed by atoms with van der Waals surface area (Å²) in [5, 5.41) is 6.31. The second-order valence-corrected chi connectivity index (χ2v) is 12.1. The van der Waals surface area contributed by atoms with E-state index in [1.165, 1.54) is 81.4 Å². The molecule has 226 valence electrons. The molecule has 0 bridgehead atoms. The molecule has 0 spiro atoms. The lowest BCUT2D eigenvalue weighted by Gasteiger charge is -2.36. The average Bonchev–Trinajstić information content (AvgIpc) is 3.57. The highest BCUT2D eigenvalue weighted by Crippen LogP contribution is 2.33. The summed E-state index contributed by atoms with van der Waals surface area (Å²) >= 11 is 0. The summed E-state index contributed by atoms with van der Waals surface area (Å²) in [7, 11) is 0. The Hall–Kier alpha value is -4.05. The molecule has 3 fully saturated rings. The van der Waals surface area contributed by atoms with Crippen LogP contribution in [0.15, 0.2) is 54.7 Å². The average molecular weight is 586 g/mol. The number of nitrogens with zero attached hydrogens (tertiary/aromatic N) is 4. The van der Waals surface area contributed by atoms with Crippen molar-refractivity contribution in [3.63, 3.8) is 0 Å². The standard InChI is InChI=1S/C33H40FN7O2/c34-25-11-7-24(8-12-25)33(43)38-27-4-3-17-41(21-27)29-20-36-30(31(35)42)32(39-29)37-26-13-9-22(10-14-26)23-15-18-40(19-16-23)28-5-1-2-6-28/h7-14,20,23,27-28H,1-6,15-19,21H2,(H2,35,42)(H,37,39)(H,38,43)/t27-/m1/s1. The van der Waals surface area contributed by atoms with E-state index in [2.05, 4.69) is 32.7 Å². The number of nitrogens with two attached hydrogens (primary N) is 1. The highest BCUT2D eigenvalue weighted by Gasteiger charge is 2.28. The molecule has 1 aliphatic carbocycles. The van der Waals surface area contributed by atoms with E-state index in [0.717, 1.165) is 31.1 Å². The molecular formula is C33H40FN7O2. The molecule has 4 N–H and O–H groups in total. The van der Waals surface area contributed by atoms with Gasteiger partial charge in [0.1, 0.15) is 11.6 Å². The summed E-state index contributed by atoms with van der Waals surface area (Å²) in [6.07, 6.45) is 11.0. The second-order valence-electron chi connectivity index (χ2n) is 12.1. The zero-order valence-corrected chi connectivity index (χ0v) is 24.5. The van der Waals surface area contributed by atoms with Crippen molar-refractivity contribution in [3.05, 3.63) is 77.4 Å². The van der Waals surface area contributed by atoms with Gasteiger partial charge in [0.2, 0.25) is 0 Å². The number of hydrogen-bond donors (Lipinski definition) is 3. The van der Waals surface area contributed by atoms with E-state index in [1.807, 2.05) is 17.0 Å².